The number of carboxylic acids is 1. The van der Waals surface area contributed by atoms with Crippen molar-refractivity contribution < 1.29 is 19.4 Å². The number of rotatable bonds is 6. The van der Waals surface area contributed by atoms with Gasteiger partial charge in [0.25, 0.3) is 0 Å². The molecule has 1 heterocycles. The van der Waals surface area contributed by atoms with E-state index in [2.05, 4.69) is 11.9 Å². The topological polar surface area (TPSA) is 59.0 Å². The van der Waals surface area contributed by atoms with Crippen LogP contribution in [0.5, 0.6) is 11.5 Å². The van der Waals surface area contributed by atoms with Crippen LogP contribution in [0.15, 0.2) is 18.2 Å². The maximum Gasteiger partial charge on any atom is 0.306 e. The maximum absolute atomic E-state index is 11.0. The van der Waals surface area contributed by atoms with Crippen molar-refractivity contribution >= 4 is 5.97 Å². The first-order valence-electron chi connectivity index (χ1n) is 7.25. The summed E-state index contributed by atoms with van der Waals surface area (Å²) in [4.78, 5) is 13.3. The number of hydrogen-bond acceptors (Lipinski definition) is 4. The van der Waals surface area contributed by atoms with E-state index < -0.39 is 11.9 Å². The van der Waals surface area contributed by atoms with Gasteiger partial charge in [0.1, 0.15) is 6.10 Å². The number of methoxy groups -OCH3 is 1. The van der Waals surface area contributed by atoms with Crippen LogP contribution < -0.4 is 9.47 Å². The fourth-order valence-corrected chi connectivity index (χ4v) is 2.63. The van der Waals surface area contributed by atoms with Crippen LogP contribution in [0.2, 0.25) is 0 Å². The predicted octanol–water partition coefficient (Wildman–Crippen LogP) is 2.04. The molecule has 0 aromatic heterocycles. The van der Waals surface area contributed by atoms with Crippen molar-refractivity contribution in [3.05, 3.63) is 23.8 Å². The molecule has 1 N–H and O–H groups in total. The van der Waals surface area contributed by atoms with Crippen LogP contribution in [0, 0.1) is 5.92 Å². The van der Waals surface area contributed by atoms with Crippen LogP contribution in [0.3, 0.4) is 0 Å². The average molecular weight is 293 g/mol. The van der Waals surface area contributed by atoms with Crippen molar-refractivity contribution in [2.75, 3.05) is 27.2 Å². The highest BCUT2D eigenvalue weighted by Crippen LogP contribution is 2.34. The number of hydrogen-bond donors (Lipinski definition) is 1. The molecule has 0 spiro atoms. The molecule has 21 heavy (non-hydrogen) atoms. The molecule has 1 aliphatic rings. The van der Waals surface area contributed by atoms with Crippen LogP contribution in [0.1, 0.15) is 18.9 Å². The minimum atomic E-state index is -0.805. The van der Waals surface area contributed by atoms with Gasteiger partial charge >= 0.3 is 5.97 Å². The highest BCUT2D eigenvalue weighted by Gasteiger charge is 2.23. The molecule has 1 saturated heterocycles. The minimum Gasteiger partial charge on any atom is -0.493 e. The summed E-state index contributed by atoms with van der Waals surface area (Å²) in [5, 5.41) is 9.06. The van der Waals surface area contributed by atoms with Gasteiger partial charge in [-0.2, -0.15) is 0 Å². The van der Waals surface area contributed by atoms with Gasteiger partial charge in [0.15, 0.2) is 11.5 Å². The van der Waals surface area contributed by atoms with E-state index in [0.29, 0.717) is 17.9 Å². The van der Waals surface area contributed by atoms with Gasteiger partial charge in [0.05, 0.1) is 13.0 Å². The lowest BCUT2D eigenvalue weighted by atomic mass is 10.00. The summed E-state index contributed by atoms with van der Waals surface area (Å²) in [6, 6.07) is 5.67. The highest BCUT2D eigenvalue weighted by atomic mass is 16.5. The molecule has 0 saturated carbocycles. The fourth-order valence-electron chi connectivity index (χ4n) is 2.63. The summed E-state index contributed by atoms with van der Waals surface area (Å²) < 4.78 is 11.5. The molecular formula is C16H23NO4. The van der Waals surface area contributed by atoms with Crippen LogP contribution in [0.4, 0.5) is 0 Å². The Labute approximate surface area is 125 Å². The van der Waals surface area contributed by atoms with Gasteiger partial charge in [-0.25, -0.2) is 0 Å². The molecule has 5 nitrogen and oxygen atoms in total. The highest BCUT2D eigenvalue weighted by molar-refractivity contribution is 5.70. The van der Waals surface area contributed by atoms with Crippen LogP contribution in [0.25, 0.3) is 0 Å². The number of nitrogens with zero attached hydrogens (tertiary/aromatic N) is 1. The molecule has 5 heteroatoms. The van der Waals surface area contributed by atoms with E-state index in [1.54, 1.807) is 14.0 Å². The molecule has 0 bridgehead atoms. The summed E-state index contributed by atoms with van der Waals surface area (Å²) in [5.41, 5.74) is 0.872. The number of para-hydroxylation sites is 1. The van der Waals surface area contributed by atoms with Crippen LogP contribution in [-0.2, 0) is 11.2 Å². The van der Waals surface area contributed by atoms with Crippen molar-refractivity contribution in [3.8, 4) is 11.5 Å². The third-order valence-corrected chi connectivity index (χ3v) is 3.85. The minimum absolute atomic E-state index is 0.163. The Morgan fingerprint density at radius 1 is 1.52 bits per heavy atom. The first kappa shape index (κ1) is 15.6. The molecule has 1 fully saturated rings. The number of benzene rings is 1. The molecule has 2 atom stereocenters. The van der Waals surface area contributed by atoms with E-state index in [1.165, 1.54) is 0 Å². The second-order valence-corrected chi connectivity index (χ2v) is 5.68. The van der Waals surface area contributed by atoms with Gasteiger partial charge < -0.3 is 19.5 Å². The van der Waals surface area contributed by atoms with Crippen LogP contribution in [-0.4, -0.2) is 49.3 Å². The van der Waals surface area contributed by atoms with Crippen molar-refractivity contribution in [2.24, 2.45) is 5.92 Å². The summed E-state index contributed by atoms with van der Waals surface area (Å²) in [5.74, 6) is 0.0978. The molecule has 2 unspecified atom stereocenters. The van der Waals surface area contributed by atoms with E-state index in [-0.39, 0.29) is 6.10 Å². The van der Waals surface area contributed by atoms with Gasteiger partial charge in [0, 0.05) is 13.1 Å². The molecule has 0 aliphatic carbocycles. The average Bonchev–Trinajstić information content (AvgIpc) is 2.84. The molecule has 1 aliphatic heterocycles. The largest absolute Gasteiger partial charge is 0.493 e. The van der Waals surface area contributed by atoms with Crippen molar-refractivity contribution in [3.63, 3.8) is 0 Å². The number of aliphatic carboxylic acids is 1. The van der Waals surface area contributed by atoms with Crippen molar-refractivity contribution in [2.45, 2.75) is 25.9 Å². The van der Waals surface area contributed by atoms with Gasteiger partial charge in [-0.3, -0.25) is 4.79 Å². The molecule has 0 amide bonds. The Balaban J connectivity index is 2.16. The third-order valence-electron chi connectivity index (χ3n) is 3.85. The second kappa shape index (κ2) is 6.80. The second-order valence-electron chi connectivity index (χ2n) is 5.68. The number of likely N-dealkylation sites (tertiary alicyclic amines) is 1. The lowest BCUT2D eigenvalue weighted by Gasteiger charge is -2.19. The van der Waals surface area contributed by atoms with Gasteiger partial charge in [-0.05, 0) is 31.5 Å². The smallest absolute Gasteiger partial charge is 0.306 e. The number of ether oxygens (including phenoxy) is 2. The van der Waals surface area contributed by atoms with Gasteiger partial charge in [-0.15, -0.1) is 0 Å². The zero-order valence-electron chi connectivity index (χ0n) is 12.8. The first-order valence-corrected chi connectivity index (χ1v) is 7.25. The predicted molar refractivity (Wildman–Crippen MR) is 80.0 cm³/mol. The normalized spacial score (nSPS) is 20.2. The molecular weight excluding hydrogens is 270 g/mol. The quantitative estimate of drug-likeness (QED) is 0.870. The van der Waals surface area contributed by atoms with E-state index in [9.17, 15) is 4.79 Å². The van der Waals surface area contributed by atoms with E-state index >= 15 is 0 Å². The number of carboxylic acid groups (broad SMARTS) is 1. The Kier molecular flexibility index (Phi) is 5.07. The first-order chi connectivity index (χ1) is 10.0. The lowest BCUT2D eigenvalue weighted by molar-refractivity contribution is -0.141. The molecule has 116 valence electrons. The molecule has 1 aromatic rings. The standard InChI is InChI=1S/C16H23NO4/c1-11(16(18)19)9-12-5-4-6-14(15(12)20-3)21-13-7-8-17(2)10-13/h4-6,11,13H,7-10H2,1-3H3,(H,18,19). The zero-order chi connectivity index (χ0) is 15.4. The summed E-state index contributed by atoms with van der Waals surface area (Å²) in [6.45, 7) is 3.63. The SMILES string of the molecule is COc1c(CC(C)C(=O)O)cccc1OC1CCN(C)C1. The summed E-state index contributed by atoms with van der Waals surface area (Å²) in [6.07, 6.45) is 1.59. The zero-order valence-corrected chi connectivity index (χ0v) is 12.8. The lowest BCUT2D eigenvalue weighted by Crippen LogP contribution is -2.21. The Morgan fingerprint density at radius 3 is 2.86 bits per heavy atom. The summed E-state index contributed by atoms with van der Waals surface area (Å²) >= 11 is 0. The van der Waals surface area contributed by atoms with Gasteiger partial charge in [-0.1, -0.05) is 19.1 Å². The monoisotopic (exact) mass is 293 g/mol. The number of carbonyl (C=O) groups is 1. The van der Waals surface area contributed by atoms with E-state index in [0.717, 1.165) is 25.1 Å². The third kappa shape index (κ3) is 3.88. The molecule has 1 aromatic carbocycles. The van der Waals surface area contributed by atoms with E-state index in [4.69, 9.17) is 14.6 Å². The van der Waals surface area contributed by atoms with E-state index in [1.807, 2.05) is 18.2 Å². The van der Waals surface area contributed by atoms with Crippen molar-refractivity contribution in [1.82, 2.24) is 4.90 Å². The Hall–Kier alpha value is -1.75. The fraction of sp³-hybridized carbons (Fsp3) is 0.562. The van der Waals surface area contributed by atoms with Gasteiger partial charge in [0.2, 0.25) is 0 Å². The number of likely N-dealkylation sites (N-methyl/N-ethyl adjacent to an activating group) is 1. The maximum atomic E-state index is 11.0. The van der Waals surface area contributed by atoms with Crippen molar-refractivity contribution in [1.29, 1.82) is 0 Å². The molecule has 2 rings (SSSR count). The Morgan fingerprint density at radius 2 is 2.29 bits per heavy atom. The Bertz CT molecular complexity index is 503. The summed E-state index contributed by atoms with van der Waals surface area (Å²) in [7, 11) is 3.67. The molecule has 0 radical (unpaired) electrons. The van der Waals surface area contributed by atoms with Crippen LogP contribution >= 0.6 is 0 Å².